The van der Waals surface area contributed by atoms with Crippen molar-refractivity contribution < 1.29 is 9.47 Å². The Bertz CT molecular complexity index is 271. The molecule has 3 heteroatoms. The summed E-state index contributed by atoms with van der Waals surface area (Å²) in [6.45, 7) is 4.69. The molecule has 0 radical (unpaired) electrons. The summed E-state index contributed by atoms with van der Waals surface area (Å²) in [5.41, 5.74) is 1.27. The molecule has 3 nitrogen and oxygen atoms in total. The lowest BCUT2D eigenvalue weighted by Crippen LogP contribution is -2.24. The lowest BCUT2D eigenvalue weighted by atomic mass is 10.2. The van der Waals surface area contributed by atoms with Gasteiger partial charge in [-0.3, -0.25) is 4.90 Å². The molecule has 0 spiro atoms. The van der Waals surface area contributed by atoms with E-state index in [0.717, 1.165) is 18.8 Å². The number of methoxy groups -OCH3 is 2. The van der Waals surface area contributed by atoms with Gasteiger partial charge in [-0.05, 0) is 24.2 Å². The highest BCUT2D eigenvalue weighted by Gasteiger charge is 2.02. The van der Waals surface area contributed by atoms with Crippen LogP contribution in [0, 0.1) is 0 Å². The van der Waals surface area contributed by atoms with Gasteiger partial charge in [-0.25, -0.2) is 0 Å². The summed E-state index contributed by atoms with van der Waals surface area (Å²) in [4.78, 5) is 2.22. The maximum Gasteiger partial charge on any atom is 0.118 e. The Labute approximate surface area is 91.6 Å². The van der Waals surface area contributed by atoms with Crippen molar-refractivity contribution in [2.75, 3.05) is 27.5 Å². The average molecular weight is 209 g/mol. The molecule has 1 aromatic carbocycles. The van der Waals surface area contributed by atoms with E-state index in [0.29, 0.717) is 6.73 Å². The molecule has 0 aliphatic heterocycles. The molecule has 0 aliphatic carbocycles. The topological polar surface area (TPSA) is 21.7 Å². The number of rotatable bonds is 6. The fourth-order valence-corrected chi connectivity index (χ4v) is 1.42. The molecule has 0 saturated carbocycles. The Morgan fingerprint density at radius 2 is 1.80 bits per heavy atom. The molecule has 15 heavy (non-hydrogen) atoms. The predicted molar refractivity (Wildman–Crippen MR) is 61.0 cm³/mol. The summed E-state index contributed by atoms with van der Waals surface area (Å²) in [6.07, 6.45) is 0. The zero-order valence-electron chi connectivity index (χ0n) is 9.69. The minimum absolute atomic E-state index is 0.669. The van der Waals surface area contributed by atoms with Crippen LogP contribution in [0.25, 0.3) is 0 Å². The van der Waals surface area contributed by atoms with Crippen molar-refractivity contribution >= 4 is 0 Å². The lowest BCUT2D eigenvalue weighted by molar-refractivity contribution is 0.0618. The van der Waals surface area contributed by atoms with Gasteiger partial charge in [-0.2, -0.15) is 0 Å². The first-order valence-electron chi connectivity index (χ1n) is 5.14. The van der Waals surface area contributed by atoms with Gasteiger partial charge in [0, 0.05) is 13.7 Å². The zero-order valence-corrected chi connectivity index (χ0v) is 9.69. The lowest BCUT2D eigenvalue weighted by Gasteiger charge is -2.19. The van der Waals surface area contributed by atoms with Crippen molar-refractivity contribution in [3.8, 4) is 5.75 Å². The molecule has 0 aliphatic rings. The van der Waals surface area contributed by atoms with E-state index < -0.39 is 0 Å². The van der Waals surface area contributed by atoms with Gasteiger partial charge in [0.25, 0.3) is 0 Å². The molecule has 1 aromatic rings. The Morgan fingerprint density at radius 3 is 2.27 bits per heavy atom. The number of hydrogen-bond acceptors (Lipinski definition) is 3. The number of hydrogen-bond donors (Lipinski definition) is 0. The number of benzene rings is 1. The molecule has 0 saturated heterocycles. The van der Waals surface area contributed by atoms with E-state index in [4.69, 9.17) is 9.47 Å². The minimum atomic E-state index is 0.669. The van der Waals surface area contributed by atoms with Crippen LogP contribution in [0.4, 0.5) is 0 Å². The van der Waals surface area contributed by atoms with E-state index in [1.165, 1.54) is 5.56 Å². The Morgan fingerprint density at radius 1 is 1.13 bits per heavy atom. The number of ether oxygens (including phenoxy) is 2. The van der Waals surface area contributed by atoms with E-state index >= 15 is 0 Å². The third-order valence-electron chi connectivity index (χ3n) is 2.32. The molecule has 0 amide bonds. The van der Waals surface area contributed by atoms with Gasteiger partial charge in [0.2, 0.25) is 0 Å². The Kier molecular flexibility index (Phi) is 5.15. The second-order valence-electron chi connectivity index (χ2n) is 3.41. The van der Waals surface area contributed by atoms with Gasteiger partial charge in [0.15, 0.2) is 0 Å². The molecular formula is C12H19NO2. The highest BCUT2D eigenvalue weighted by molar-refractivity contribution is 5.26. The van der Waals surface area contributed by atoms with Crippen LogP contribution >= 0.6 is 0 Å². The molecule has 84 valence electrons. The van der Waals surface area contributed by atoms with Crippen molar-refractivity contribution in [2.24, 2.45) is 0 Å². The summed E-state index contributed by atoms with van der Waals surface area (Å²) in [5, 5.41) is 0. The molecule has 0 bridgehead atoms. The zero-order chi connectivity index (χ0) is 11.1. The maximum atomic E-state index is 5.11. The van der Waals surface area contributed by atoms with E-state index in [1.807, 2.05) is 12.1 Å². The standard InChI is InChI=1S/C12H19NO2/c1-4-13(10-14-2)9-11-5-7-12(15-3)8-6-11/h5-8H,4,9-10H2,1-3H3. The van der Waals surface area contributed by atoms with Crippen LogP contribution in [-0.2, 0) is 11.3 Å². The van der Waals surface area contributed by atoms with Crippen molar-refractivity contribution in [1.29, 1.82) is 0 Å². The molecule has 0 N–H and O–H groups in total. The maximum absolute atomic E-state index is 5.11. The van der Waals surface area contributed by atoms with E-state index in [-0.39, 0.29) is 0 Å². The summed E-state index contributed by atoms with van der Waals surface area (Å²) in [5.74, 6) is 0.897. The second kappa shape index (κ2) is 6.43. The first-order valence-corrected chi connectivity index (χ1v) is 5.14. The van der Waals surface area contributed by atoms with Crippen molar-refractivity contribution in [1.82, 2.24) is 4.90 Å². The van der Waals surface area contributed by atoms with Crippen molar-refractivity contribution in [3.05, 3.63) is 29.8 Å². The van der Waals surface area contributed by atoms with Crippen molar-refractivity contribution in [2.45, 2.75) is 13.5 Å². The van der Waals surface area contributed by atoms with Gasteiger partial charge in [-0.15, -0.1) is 0 Å². The monoisotopic (exact) mass is 209 g/mol. The van der Waals surface area contributed by atoms with Crippen LogP contribution in [0.5, 0.6) is 5.75 Å². The first kappa shape index (κ1) is 12.0. The van der Waals surface area contributed by atoms with Crippen molar-refractivity contribution in [3.63, 3.8) is 0 Å². The molecule has 0 fully saturated rings. The minimum Gasteiger partial charge on any atom is -0.497 e. The third kappa shape index (κ3) is 3.90. The van der Waals surface area contributed by atoms with Crippen LogP contribution < -0.4 is 4.74 Å². The molecule has 1 rings (SSSR count). The van der Waals surface area contributed by atoms with Crippen LogP contribution in [0.3, 0.4) is 0 Å². The number of nitrogens with zero attached hydrogens (tertiary/aromatic N) is 1. The molecule has 0 unspecified atom stereocenters. The second-order valence-corrected chi connectivity index (χ2v) is 3.41. The molecule has 0 heterocycles. The molecular weight excluding hydrogens is 190 g/mol. The van der Waals surface area contributed by atoms with Gasteiger partial charge >= 0.3 is 0 Å². The third-order valence-corrected chi connectivity index (χ3v) is 2.32. The highest BCUT2D eigenvalue weighted by atomic mass is 16.5. The van der Waals surface area contributed by atoms with Gasteiger partial charge in [-0.1, -0.05) is 19.1 Å². The first-order chi connectivity index (χ1) is 7.30. The average Bonchev–Trinajstić information content (AvgIpc) is 2.29. The predicted octanol–water partition coefficient (Wildman–Crippen LogP) is 2.12. The quantitative estimate of drug-likeness (QED) is 0.670. The molecule has 0 atom stereocenters. The van der Waals surface area contributed by atoms with Crippen LogP contribution in [0.1, 0.15) is 12.5 Å². The van der Waals surface area contributed by atoms with E-state index in [1.54, 1.807) is 14.2 Å². The largest absolute Gasteiger partial charge is 0.497 e. The fourth-order valence-electron chi connectivity index (χ4n) is 1.42. The fraction of sp³-hybridized carbons (Fsp3) is 0.500. The van der Waals surface area contributed by atoms with Gasteiger partial charge in [0.1, 0.15) is 5.75 Å². The van der Waals surface area contributed by atoms with E-state index in [9.17, 15) is 0 Å². The van der Waals surface area contributed by atoms with Gasteiger partial charge < -0.3 is 9.47 Å². The molecule has 0 aromatic heterocycles. The van der Waals surface area contributed by atoms with Crippen LogP contribution in [0.15, 0.2) is 24.3 Å². The summed E-state index contributed by atoms with van der Waals surface area (Å²) < 4.78 is 10.2. The van der Waals surface area contributed by atoms with E-state index in [2.05, 4.69) is 24.0 Å². The SMILES string of the molecule is CCN(COC)Cc1ccc(OC)cc1. The smallest absolute Gasteiger partial charge is 0.118 e. The normalized spacial score (nSPS) is 10.7. The van der Waals surface area contributed by atoms with Crippen LogP contribution in [-0.4, -0.2) is 32.4 Å². The summed E-state index contributed by atoms with van der Waals surface area (Å²) in [6, 6.07) is 8.13. The Hall–Kier alpha value is -1.06. The van der Waals surface area contributed by atoms with Crippen LogP contribution in [0.2, 0.25) is 0 Å². The van der Waals surface area contributed by atoms with Gasteiger partial charge in [0.05, 0.1) is 13.8 Å². The summed E-state index contributed by atoms with van der Waals surface area (Å²) in [7, 11) is 3.40. The summed E-state index contributed by atoms with van der Waals surface area (Å²) >= 11 is 0. The Balaban J connectivity index is 2.55. The highest BCUT2D eigenvalue weighted by Crippen LogP contribution is 2.12.